The zero-order valence-electron chi connectivity index (χ0n) is 11.2. The van der Waals surface area contributed by atoms with Gasteiger partial charge in [-0.3, -0.25) is 4.98 Å². The van der Waals surface area contributed by atoms with Crippen molar-refractivity contribution in [2.24, 2.45) is 0 Å². The molecule has 0 bridgehead atoms. The average Bonchev–Trinajstić information content (AvgIpc) is 2.38. The van der Waals surface area contributed by atoms with Crippen molar-refractivity contribution in [1.29, 1.82) is 0 Å². The minimum atomic E-state index is 0.762. The molecule has 0 aromatic carbocycles. The molecule has 0 unspecified atom stereocenters. The molecule has 17 heavy (non-hydrogen) atoms. The first-order chi connectivity index (χ1) is 8.22. The Bertz CT molecular complexity index is 405. The van der Waals surface area contributed by atoms with Crippen molar-refractivity contribution in [3.8, 4) is 5.75 Å². The molecule has 0 spiro atoms. The van der Waals surface area contributed by atoms with Crippen molar-refractivity contribution in [2.75, 3.05) is 7.11 Å². The summed E-state index contributed by atoms with van der Waals surface area (Å²) in [6.07, 6.45) is 7.07. The zero-order valence-corrected chi connectivity index (χ0v) is 11.2. The van der Waals surface area contributed by atoms with Gasteiger partial charge in [-0.2, -0.15) is 0 Å². The van der Waals surface area contributed by atoms with Gasteiger partial charge in [0.25, 0.3) is 0 Å². The summed E-state index contributed by atoms with van der Waals surface area (Å²) in [7, 11) is 1.63. The summed E-state index contributed by atoms with van der Waals surface area (Å²) in [6.45, 7) is 13.4. The van der Waals surface area contributed by atoms with Crippen LogP contribution in [-0.2, 0) is 0 Å². The van der Waals surface area contributed by atoms with E-state index in [1.807, 2.05) is 32.9 Å². The molecule has 0 N–H and O–H groups in total. The van der Waals surface area contributed by atoms with Crippen LogP contribution in [0.4, 0.5) is 0 Å². The number of ether oxygens (including phenoxy) is 1. The van der Waals surface area contributed by atoms with Crippen molar-refractivity contribution in [3.05, 3.63) is 54.9 Å². The molecular weight excluding hydrogens is 210 g/mol. The van der Waals surface area contributed by atoms with E-state index in [1.54, 1.807) is 25.5 Å². The van der Waals surface area contributed by atoms with Gasteiger partial charge in [0, 0.05) is 0 Å². The molecule has 1 aromatic rings. The van der Waals surface area contributed by atoms with Gasteiger partial charge in [0.05, 0.1) is 19.0 Å². The molecule has 0 atom stereocenters. The van der Waals surface area contributed by atoms with Crippen LogP contribution in [0.3, 0.4) is 0 Å². The largest absolute Gasteiger partial charge is 0.495 e. The van der Waals surface area contributed by atoms with Gasteiger partial charge in [0.2, 0.25) is 0 Å². The summed E-state index contributed by atoms with van der Waals surface area (Å²) in [5.41, 5.74) is 2.93. The lowest BCUT2D eigenvalue weighted by Crippen LogP contribution is -1.93. The summed E-state index contributed by atoms with van der Waals surface area (Å²) in [6, 6.07) is 1.95. The maximum Gasteiger partial charge on any atom is 0.137 e. The molecule has 0 amide bonds. The van der Waals surface area contributed by atoms with Crippen LogP contribution < -0.4 is 4.74 Å². The minimum Gasteiger partial charge on any atom is -0.495 e. The standard InChI is InChI=1S/C13H15NO.C2H6/c1-5-7-11(6-2)13-10(3)8-12(15-4)9-14-13;1-2/h5-9H,1-2H2,3-4H3;1-2H3/b11-7+;. The Morgan fingerprint density at radius 2 is 2.00 bits per heavy atom. The maximum absolute atomic E-state index is 5.10. The molecule has 0 saturated heterocycles. The van der Waals surface area contributed by atoms with Crippen molar-refractivity contribution in [3.63, 3.8) is 0 Å². The molecule has 1 aromatic heterocycles. The van der Waals surface area contributed by atoms with Gasteiger partial charge in [-0.1, -0.05) is 45.2 Å². The van der Waals surface area contributed by atoms with Crippen LogP contribution in [0.2, 0.25) is 0 Å². The number of nitrogens with zero attached hydrogens (tertiary/aromatic N) is 1. The Balaban J connectivity index is 0.00000121. The van der Waals surface area contributed by atoms with E-state index in [2.05, 4.69) is 18.1 Å². The topological polar surface area (TPSA) is 22.1 Å². The summed E-state index contributed by atoms with van der Waals surface area (Å²) in [5.74, 6) is 0.762. The second kappa shape index (κ2) is 8.34. The van der Waals surface area contributed by atoms with E-state index < -0.39 is 0 Å². The molecule has 0 aliphatic rings. The van der Waals surface area contributed by atoms with Gasteiger partial charge in [0.15, 0.2) is 0 Å². The average molecular weight is 231 g/mol. The lowest BCUT2D eigenvalue weighted by molar-refractivity contribution is 0.412. The number of aromatic nitrogens is 1. The van der Waals surface area contributed by atoms with Crippen LogP contribution in [0, 0.1) is 6.92 Å². The highest BCUT2D eigenvalue weighted by atomic mass is 16.5. The number of pyridine rings is 1. The Kier molecular flexibility index (Phi) is 7.44. The van der Waals surface area contributed by atoms with Gasteiger partial charge in [0.1, 0.15) is 5.75 Å². The molecule has 0 aliphatic carbocycles. The van der Waals surface area contributed by atoms with Crippen LogP contribution in [0.5, 0.6) is 5.75 Å². The van der Waals surface area contributed by atoms with Crippen LogP contribution in [-0.4, -0.2) is 12.1 Å². The number of aryl methyl sites for hydroxylation is 1. The highest BCUT2D eigenvalue weighted by molar-refractivity contribution is 5.74. The fraction of sp³-hybridized carbons (Fsp3) is 0.267. The second-order valence-electron chi connectivity index (χ2n) is 3.10. The van der Waals surface area contributed by atoms with E-state index in [0.29, 0.717) is 0 Å². The Morgan fingerprint density at radius 1 is 1.35 bits per heavy atom. The van der Waals surface area contributed by atoms with Gasteiger partial charge in [-0.15, -0.1) is 0 Å². The van der Waals surface area contributed by atoms with Gasteiger partial charge in [-0.05, 0) is 24.1 Å². The number of hydrogen-bond acceptors (Lipinski definition) is 2. The molecule has 2 nitrogen and oxygen atoms in total. The fourth-order valence-corrected chi connectivity index (χ4v) is 1.33. The SMILES string of the molecule is C=C/C=C(\C=C)c1ncc(OC)cc1C.CC. The van der Waals surface area contributed by atoms with Crippen molar-refractivity contribution >= 4 is 5.57 Å². The maximum atomic E-state index is 5.10. The summed E-state index contributed by atoms with van der Waals surface area (Å²) in [4.78, 5) is 4.33. The Hall–Kier alpha value is -1.83. The van der Waals surface area contributed by atoms with Gasteiger partial charge < -0.3 is 4.74 Å². The van der Waals surface area contributed by atoms with Gasteiger partial charge >= 0.3 is 0 Å². The van der Waals surface area contributed by atoms with E-state index in [1.165, 1.54) is 0 Å². The Labute approximate surface area is 104 Å². The monoisotopic (exact) mass is 231 g/mol. The number of allylic oxidation sites excluding steroid dienone is 4. The minimum absolute atomic E-state index is 0.762. The van der Waals surface area contributed by atoms with Crippen LogP contribution in [0.1, 0.15) is 25.1 Å². The third-order valence-corrected chi connectivity index (χ3v) is 2.08. The highest BCUT2D eigenvalue weighted by Gasteiger charge is 2.04. The summed E-state index contributed by atoms with van der Waals surface area (Å²) in [5, 5.41) is 0. The molecule has 0 radical (unpaired) electrons. The van der Waals surface area contributed by atoms with Crippen molar-refractivity contribution in [2.45, 2.75) is 20.8 Å². The van der Waals surface area contributed by atoms with E-state index >= 15 is 0 Å². The third-order valence-electron chi connectivity index (χ3n) is 2.08. The number of rotatable bonds is 4. The first kappa shape index (κ1) is 15.2. The molecular formula is C15H21NO. The van der Waals surface area contributed by atoms with Crippen LogP contribution in [0.15, 0.2) is 43.6 Å². The predicted octanol–water partition coefficient (Wildman–Crippen LogP) is 4.18. The van der Waals surface area contributed by atoms with Crippen molar-refractivity contribution < 1.29 is 4.74 Å². The lowest BCUT2D eigenvalue weighted by Gasteiger charge is -2.07. The predicted molar refractivity (Wildman–Crippen MR) is 75.2 cm³/mol. The molecule has 1 heterocycles. The number of methoxy groups -OCH3 is 1. The van der Waals surface area contributed by atoms with E-state index in [-0.39, 0.29) is 0 Å². The third kappa shape index (κ3) is 4.27. The first-order valence-electron chi connectivity index (χ1n) is 5.69. The van der Waals surface area contributed by atoms with Gasteiger partial charge in [-0.25, -0.2) is 0 Å². The Morgan fingerprint density at radius 3 is 2.41 bits per heavy atom. The molecule has 0 saturated carbocycles. The van der Waals surface area contributed by atoms with E-state index in [9.17, 15) is 0 Å². The first-order valence-corrected chi connectivity index (χ1v) is 5.69. The lowest BCUT2D eigenvalue weighted by atomic mass is 10.1. The summed E-state index contributed by atoms with van der Waals surface area (Å²) >= 11 is 0. The molecule has 1 rings (SSSR count). The fourth-order valence-electron chi connectivity index (χ4n) is 1.33. The quantitative estimate of drug-likeness (QED) is 0.725. The van der Waals surface area contributed by atoms with E-state index in [4.69, 9.17) is 4.74 Å². The highest BCUT2D eigenvalue weighted by Crippen LogP contribution is 2.21. The second-order valence-corrected chi connectivity index (χ2v) is 3.10. The number of hydrogen-bond donors (Lipinski definition) is 0. The van der Waals surface area contributed by atoms with Crippen LogP contribution in [0.25, 0.3) is 5.57 Å². The smallest absolute Gasteiger partial charge is 0.137 e. The molecule has 2 heteroatoms. The zero-order chi connectivity index (χ0) is 13.3. The van der Waals surface area contributed by atoms with E-state index in [0.717, 1.165) is 22.6 Å². The molecule has 0 aliphatic heterocycles. The molecule has 92 valence electrons. The van der Waals surface area contributed by atoms with Crippen molar-refractivity contribution in [1.82, 2.24) is 4.98 Å². The summed E-state index contributed by atoms with van der Waals surface area (Å²) < 4.78 is 5.10. The normalized spacial score (nSPS) is 10.0. The van der Waals surface area contributed by atoms with Crippen LogP contribution >= 0.6 is 0 Å². The molecule has 0 fully saturated rings.